The van der Waals surface area contributed by atoms with Crippen molar-refractivity contribution in [3.63, 3.8) is 0 Å². The maximum Gasteiger partial charge on any atom is 0.204 e. The van der Waals surface area contributed by atoms with E-state index in [1.165, 1.54) is 30.3 Å². The second-order valence-corrected chi connectivity index (χ2v) is 3.89. The highest BCUT2D eigenvalue weighted by Crippen LogP contribution is 2.34. The predicted octanol–water partition coefficient (Wildman–Crippen LogP) is 2.06. The SMILES string of the molecule is O=c1c2cccc(O)c2oc2ccc(O)c(O)c12. The minimum absolute atomic E-state index is 0.0556. The molecule has 0 saturated heterocycles. The standard InChI is InChI=1S/C13H8O5/c14-7-4-5-9-10(12(7)17)11(16)6-2-1-3-8(15)13(6)18-9/h1-5,14-15,17H. The fraction of sp³-hybridized carbons (Fsp3) is 0. The summed E-state index contributed by atoms with van der Waals surface area (Å²) in [5.74, 6) is -1.07. The van der Waals surface area contributed by atoms with Crippen LogP contribution in [0, 0.1) is 0 Å². The average Bonchev–Trinajstić information content (AvgIpc) is 2.35. The van der Waals surface area contributed by atoms with Crippen molar-refractivity contribution in [2.45, 2.75) is 0 Å². The summed E-state index contributed by atoms with van der Waals surface area (Å²) in [4.78, 5) is 12.2. The quantitative estimate of drug-likeness (QED) is 0.416. The molecule has 18 heavy (non-hydrogen) atoms. The van der Waals surface area contributed by atoms with Crippen LogP contribution in [0.15, 0.2) is 39.5 Å². The third kappa shape index (κ3) is 1.24. The molecule has 0 radical (unpaired) electrons. The number of aromatic hydroxyl groups is 3. The van der Waals surface area contributed by atoms with Crippen molar-refractivity contribution in [3.8, 4) is 17.2 Å². The van der Waals surface area contributed by atoms with Crippen LogP contribution in [0.25, 0.3) is 21.9 Å². The Kier molecular flexibility index (Phi) is 1.98. The summed E-state index contributed by atoms with van der Waals surface area (Å²) < 4.78 is 5.37. The van der Waals surface area contributed by atoms with Crippen molar-refractivity contribution in [2.75, 3.05) is 0 Å². The van der Waals surface area contributed by atoms with E-state index in [4.69, 9.17) is 4.42 Å². The van der Waals surface area contributed by atoms with E-state index < -0.39 is 16.9 Å². The molecule has 0 atom stereocenters. The van der Waals surface area contributed by atoms with E-state index in [2.05, 4.69) is 0 Å². The van der Waals surface area contributed by atoms with Crippen LogP contribution < -0.4 is 5.43 Å². The molecule has 3 aromatic rings. The maximum absolute atomic E-state index is 12.2. The van der Waals surface area contributed by atoms with E-state index in [-0.39, 0.29) is 27.7 Å². The van der Waals surface area contributed by atoms with E-state index >= 15 is 0 Å². The van der Waals surface area contributed by atoms with Crippen LogP contribution in [-0.2, 0) is 0 Å². The topological polar surface area (TPSA) is 90.9 Å². The molecule has 0 fully saturated rings. The second-order valence-electron chi connectivity index (χ2n) is 3.89. The third-order valence-electron chi connectivity index (χ3n) is 2.80. The first-order valence-electron chi connectivity index (χ1n) is 5.19. The summed E-state index contributed by atoms with van der Waals surface area (Å²) in [6.07, 6.45) is 0. The molecule has 2 aromatic carbocycles. The minimum Gasteiger partial charge on any atom is -0.504 e. The number of phenols is 3. The minimum atomic E-state index is -0.522. The van der Waals surface area contributed by atoms with Gasteiger partial charge in [-0.2, -0.15) is 0 Å². The fourth-order valence-corrected chi connectivity index (χ4v) is 1.92. The van der Waals surface area contributed by atoms with E-state index in [9.17, 15) is 20.1 Å². The molecule has 0 unspecified atom stereocenters. The van der Waals surface area contributed by atoms with Crippen molar-refractivity contribution < 1.29 is 19.7 Å². The first kappa shape index (κ1) is 10.5. The highest BCUT2D eigenvalue weighted by Gasteiger charge is 2.15. The van der Waals surface area contributed by atoms with Gasteiger partial charge in [0.15, 0.2) is 22.8 Å². The van der Waals surface area contributed by atoms with Crippen LogP contribution in [0.4, 0.5) is 0 Å². The van der Waals surface area contributed by atoms with Crippen LogP contribution in [0.2, 0.25) is 0 Å². The maximum atomic E-state index is 12.2. The number of phenolic OH excluding ortho intramolecular Hbond substituents is 3. The lowest BCUT2D eigenvalue weighted by Gasteiger charge is -2.05. The van der Waals surface area contributed by atoms with Gasteiger partial charge in [0.2, 0.25) is 5.43 Å². The molecule has 0 spiro atoms. The summed E-state index contributed by atoms with van der Waals surface area (Å²) in [7, 11) is 0. The Morgan fingerprint density at radius 1 is 0.944 bits per heavy atom. The van der Waals surface area contributed by atoms with Gasteiger partial charge in [-0.25, -0.2) is 0 Å². The molecule has 1 heterocycles. The van der Waals surface area contributed by atoms with E-state index in [1.807, 2.05) is 0 Å². The van der Waals surface area contributed by atoms with Crippen molar-refractivity contribution in [2.24, 2.45) is 0 Å². The molecule has 3 N–H and O–H groups in total. The fourth-order valence-electron chi connectivity index (χ4n) is 1.92. The molecular formula is C13H8O5. The molecular weight excluding hydrogens is 236 g/mol. The normalized spacial score (nSPS) is 11.1. The van der Waals surface area contributed by atoms with Gasteiger partial charge < -0.3 is 19.7 Å². The summed E-state index contributed by atoms with van der Waals surface area (Å²) in [6.45, 7) is 0. The third-order valence-corrected chi connectivity index (χ3v) is 2.80. The Balaban J connectivity index is 2.66. The van der Waals surface area contributed by atoms with Crippen LogP contribution in [0.5, 0.6) is 17.2 Å². The smallest absolute Gasteiger partial charge is 0.204 e. The zero-order valence-electron chi connectivity index (χ0n) is 9.04. The van der Waals surface area contributed by atoms with Gasteiger partial charge in [-0.3, -0.25) is 4.79 Å². The molecule has 0 aliphatic rings. The van der Waals surface area contributed by atoms with Gasteiger partial charge in [-0.15, -0.1) is 0 Å². The van der Waals surface area contributed by atoms with Crippen LogP contribution in [0.1, 0.15) is 0 Å². The van der Waals surface area contributed by atoms with Crippen LogP contribution in [0.3, 0.4) is 0 Å². The number of para-hydroxylation sites is 1. The first-order chi connectivity index (χ1) is 8.59. The molecule has 0 saturated carbocycles. The van der Waals surface area contributed by atoms with Gasteiger partial charge in [0.1, 0.15) is 11.0 Å². The predicted molar refractivity (Wildman–Crippen MR) is 65.0 cm³/mol. The van der Waals surface area contributed by atoms with Crippen LogP contribution >= 0.6 is 0 Å². The summed E-state index contributed by atoms with van der Waals surface area (Å²) in [5, 5.41) is 28.8. The van der Waals surface area contributed by atoms with Gasteiger partial charge in [0.25, 0.3) is 0 Å². The number of fused-ring (bicyclic) bond motifs is 2. The van der Waals surface area contributed by atoms with E-state index in [1.54, 1.807) is 0 Å². The average molecular weight is 244 g/mol. The Morgan fingerprint density at radius 3 is 2.50 bits per heavy atom. The van der Waals surface area contributed by atoms with E-state index in [0.717, 1.165) is 0 Å². The summed E-state index contributed by atoms with van der Waals surface area (Å²) in [5.41, 5.74) is -0.347. The number of rotatable bonds is 0. The van der Waals surface area contributed by atoms with Gasteiger partial charge >= 0.3 is 0 Å². The molecule has 0 aliphatic carbocycles. The highest BCUT2D eigenvalue weighted by molar-refractivity contribution is 5.96. The molecule has 1 aromatic heterocycles. The number of hydrogen-bond acceptors (Lipinski definition) is 5. The summed E-state index contributed by atoms with van der Waals surface area (Å²) >= 11 is 0. The molecule has 0 aliphatic heterocycles. The zero-order valence-corrected chi connectivity index (χ0v) is 9.04. The number of hydrogen-bond donors (Lipinski definition) is 3. The Morgan fingerprint density at radius 2 is 1.72 bits per heavy atom. The zero-order chi connectivity index (χ0) is 12.9. The van der Waals surface area contributed by atoms with Gasteiger partial charge in [-0.1, -0.05) is 6.07 Å². The largest absolute Gasteiger partial charge is 0.504 e. The van der Waals surface area contributed by atoms with Crippen molar-refractivity contribution in [3.05, 3.63) is 40.6 Å². The van der Waals surface area contributed by atoms with Crippen molar-refractivity contribution in [1.82, 2.24) is 0 Å². The van der Waals surface area contributed by atoms with Crippen LogP contribution in [-0.4, -0.2) is 15.3 Å². The Bertz CT molecular complexity index is 832. The highest BCUT2D eigenvalue weighted by atomic mass is 16.4. The molecule has 5 nitrogen and oxygen atoms in total. The first-order valence-corrected chi connectivity index (χ1v) is 5.19. The molecule has 0 amide bonds. The van der Waals surface area contributed by atoms with Crippen molar-refractivity contribution in [1.29, 1.82) is 0 Å². The van der Waals surface area contributed by atoms with Crippen molar-refractivity contribution >= 4 is 21.9 Å². The Hall–Kier alpha value is -2.69. The monoisotopic (exact) mass is 244 g/mol. The lowest BCUT2D eigenvalue weighted by Crippen LogP contribution is -2.02. The molecule has 0 bridgehead atoms. The molecule has 5 heteroatoms. The lowest BCUT2D eigenvalue weighted by molar-refractivity contribution is 0.407. The van der Waals surface area contributed by atoms with Gasteiger partial charge in [0.05, 0.1) is 5.39 Å². The molecule has 90 valence electrons. The number of benzene rings is 2. The van der Waals surface area contributed by atoms with Gasteiger partial charge in [0, 0.05) is 0 Å². The van der Waals surface area contributed by atoms with Gasteiger partial charge in [-0.05, 0) is 24.3 Å². The summed E-state index contributed by atoms with van der Waals surface area (Å²) in [6, 6.07) is 6.95. The molecule has 3 rings (SSSR count). The second kappa shape index (κ2) is 3.40. The lowest BCUT2D eigenvalue weighted by atomic mass is 10.1. The van der Waals surface area contributed by atoms with E-state index in [0.29, 0.717) is 0 Å². The Labute approximate surface area is 100 Å².